The van der Waals surface area contributed by atoms with Gasteiger partial charge in [0.2, 0.25) is 18.0 Å². The molecule has 3 rings (SSSR count). The minimum atomic E-state index is -1.97. The van der Waals surface area contributed by atoms with Gasteiger partial charge in [0.25, 0.3) is 5.91 Å². The molecule has 3 amide bonds. The van der Waals surface area contributed by atoms with Crippen molar-refractivity contribution in [1.82, 2.24) is 15.5 Å². The average Bonchev–Trinajstić information content (AvgIpc) is 3.17. The van der Waals surface area contributed by atoms with E-state index in [2.05, 4.69) is 10.6 Å². The quantitative estimate of drug-likeness (QED) is 0.261. The highest BCUT2D eigenvalue weighted by molar-refractivity contribution is 8.01. The van der Waals surface area contributed by atoms with E-state index in [4.69, 9.17) is 0 Å². The summed E-state index contributed by atoms with van der Waals surface area (Å²) in [5, 5.41) is 26.2. The molecule has 1 unspecified atom stereocenters. The molecule has 2 aliphatic rings. The number of β-lactam (4-membered cyclic amide) rings is 1. The van der Waals surface area contributed by atoms with Crippen LogP contribution in [-0.4, -0.2) is 67.1 Å². The van der Waals surface area contributed by atoms with Crippen molar-refractivity contribution in [3.05, 3.63) is 22.4 Å². The van der Waals surface area contributed by atoms with E-state index in [9.17, 15) is 34.2 Å². The van der Waals surface area contributed by atoms with Crippen LogP contribution in [0.5, 0.6) is 0 Å². The summed E-state index contributed by atoms with van der Waals surface area (Å²) in [6.07, 6.45) is 0.217. The largest absolute Gasteiger partial charge is 0.480 e. The van der Waals surface area contributed by atoms with Crippen molar-refractivity contribution in [2.24, 2.45) is 0 Å². The number of hydrogen-bond acceptors (Lipinski definition) is 7. The zero-order valence-corrected chi connectivity index (χ0v) is 16.4. The van der Waals surface area contributed by atoms with Gasteiger partial charge >= 0.3 is 11.9 Å². The summed E-state index contributed by atoms with van der Waals surface area (Å²) in [5.41, 5.74) is -1.68. The highest BCUT2D eigenvalue weighted by Gasteiger charge is 2.73. The Kier molecular flexibility index (Phi) is 4.88. The number of rotatable bonds is 7. The van der Waals surface area contributed by atoms with Crippen LogP contribution in [0.4, 0.5) is 0 Å². The lowest BCUT2D eigenvalue weighted by Gasteiger charge is -2.49. The number of fused-ring (bicyclic) bond motifs is 1. The third-order valence-corrected chi connectivity index (χ3v) is 7.26. The monoisotopic (exact) mass is 427 g/mol. The summed E-state index contributed by atoms with van der Waals surface area (Å²) < 4.78 is -1.10. The number of nitrogens with zero attached hydrogens (tertiary/aromatic N) is 1. The van der Waals surface area contributed by atoms with Crippen LogP contribution in [0, 0.1) is 0 Å². The van der Waals surface area contributed by atoms with Crippen LogP contribution in [0.2, 0.25) is 0 Å². The zero-order valence-electron chi connectivity index (χ0n) is 14.7. The van der Waals surface area contributed by atoms with Gasteiger partial charge < -0.3 is 20.8 Å². The predicted octanol–water partition coefficient (Wildman–Crippen LogP) is -0.378. The Morgan fingerprint density at radius 2 is 2.00 bits per heavy atom. The third kappa shape index (κ3) is 2.66. The molecule has 150 valence electrons. The van der Waals surface area contributed by atoms with E-state index in [-0.39, 0.29) is 6.41 Å². The van der Waals surface area contributed by atoms with Crippen molar-refractivity contribution in [3.8, 4) is 0 Å². The lowest BCUT2D eigenvalue weighted by molar-refractivity contribution is -0.175. The molecule has 4 atom stereocenters. The van der Waals surface area contributed by atoms with Gasteiger partial charge in [-0.1, -0.05) is 0 Å². The van der Waals surface area contributed by atoms with Gasteiger partial charge in [-0.2, -0.15) is 11.3 Å². The molecule has 1 aromatic heterocycles. The smallest absolute Gasteiger partial charge is 0.352 e. The van der Waals surface area contributed by atoms with Gasteiger partial charge in [0.05, 0.1) is 4.75 Å². The van der Waals surface area contributed by atoms with Crippen molar-refractivity contribution >= 4 is 53.3 Å². The molecule has 4 N–H and O–H groups in total. The first-order valence-electron chi connectivity index (χ1n) is 8.09. The maximum absolute atomic E-state index is 12.7. The molecule has 0 aliphatic carbocycles. The summed E-state index contributed by atoms with van der Waals surface area (Å²) in [7, 11) is 0. The van der Waals surface area contributed by atoms with Gasteiger partial charge in [-0.25, -0.2) is 4.79 Å². The molecule has 0 radical (unpaired) electrons. The van der Waals surface area contributed by atoms with Crippen LogP contribution < -0.4 is 10.6 Å². The highest BCUT2D eigenvalue weighted by Crippen LogP contribution is 2.55. The Morgan fingerprint density at radius 1 is 1.32 bits per heavy atom. The number of carboxylic acid groups (broad SMARTS) is 2. The number of amides is 3. The van der Waals surface area contributed by atoms with E-state index in [0.717, 1.165) is 16.7 Å². The second kappa shape index (κ2) is 6.78. The van der Waals surface area contributed by atoms with Crippen LogP contribution in [0.1, 0.15) is 25.3 Å². The summed E-state index contributed by atoms with van der Waals surface area (Å²) in [6.45, 7) is 3.14. The molecular weight excluding hydrogens is 410 g/mol. The molecule has 12 heteroatoms. The topological polar surface area (TPSA) is 153 Å². The Hall–Kier alpha value is -2.60. The maximum Gasteiger partial charge on any atom is 0.352 e. The summed E-state index contributed by atoms with van der Waals surface area (Å²) in [5.74, 6) is -5.81. The Labute approximate surface area is 167 Å². The van der Waals surface area contributed by atoms with Crippen LogP contribution in [-0.2, 0) is 24.0 Å². The predicted molar refractivity (Wildman–Crippen MR) is 98.5 cm³/mol. The number of carboxylic acids is 2. The first kappa shape index (κ1) is 20.1. The Morgan fingerprint density at radius 3 is 2.50 bits per heavy atom. The minimum Gasteiger partial charge on any atom is -0.480 e. The Bertz CT molecular complexity index is 856. The first-order chi connectivity index (χ1) is 13.1. The number of carbonyl (C=O) groups is 5. The van der Waals surface area contributed by atoms with Crippen molar-refractivity contribution in [1.29, 1.82) is 0 Å². The number of thioether (sulfide) groups is 1. The molecule has 10 nitrogen and oxygen atoms in total. The molecule has 2 aliphatic heterocycles. The molecule has 3 heterocycles. The number of hydrogen-bond donors (Lipinski definition) is 4. The van der Waals surface area contributed by atoms with Crippen molar-refractivity contribution < 1.29 is 34.2 Å². The van der Waals surface area contributed by atoms with E-state index < -0.39 is 51.5 Å². The number of nitrogens with one attached hydrogen (secondary N) is 2. The van der Waals surface area contributed by atoms with Crippen molar-refractivity contribution in [2.45, 2.75) is 41.6 Å². The lowest BCUT2D eigenvalue weighted by atomic mass is 9.88. The average molecular weight is 427 g/mol. The fraction of sp³-hybridized carbons (Fsp3) is 0.438. The van der Waals surface area contributed by atoms with Crippen LogP contribution in [0.3, 0.4) is 0 Å². The number of carbonyl (C=O) groups excluding carboxylic acids is 3. The van der Waals surface area contributed by atoms with E-state index in [0.29, 0.717) is 5.56 Å². The van der Waals surface area contributed by atoms with Crippen LogP contribution in [0.15, 0.2) is 16.8 Å². The van der Waals surface area contributed by atoms with Gasteiger partial charge in [0, 0.05) is 0 Å². The summed E-state index contributed by atoms with van der Waals surface area (Å²) in [6, 6.07) is 0.418. The maximum atomic E-state index is 12.7. The highest BCUT2D eigenvalue weighted by atomic mass is 32.2. The SMILES string of the molecule is CC1(C)S[C@@H]2[C@@H](NC(=O)C(C(=O)O)c3ccsc3)C(=O)N2[C@@]1(NC=O)C(=O)O. The number of aliphatic carboxylic acids is 2. The van der Waals surface area contributed by atoms with Gasteiger partial charge in [0.15, 0.2) is 5.92 Å². The van der Waals surface area contributed by atoms with Gasteiger partial charge in [0.1, 0.15) is 11.4 Å². The lowest BCUT2D eigenvalue weighted by Crippen LogP contribution is -2.79. The van der Waals surface area contributed by atoms with Gasteiger partial charge in [-0.05, 0) is 36.2 Å². The molecular formula is C16H17N3O7S2. The van der Waals surface area contributed by atoms with Crippen molar-refractivity contribution in [3.63, 3.8) is 0 Å². The molecule has 0 bridgehead atoms. The Balaban J connectivity index is 1.85. The second-order valence-corrected chi connectivity index (χ2v) is 9.34. The van der Waals surface area contributed by atoms with Crippen molar-refractivity contribution in [2.75, 3.05) is 0 Å². The normalized spacial score (nSPS) is 28.6. The molecule has 1 aromatic rings. The fourth-order valence-electron chi connectivity index (χ4n) is 3.58. The van der Waals surface area contributed by atoms with Gasteiger partial charge in [-0.15, -0.1) is 11.8 Å². The molecule has 28 heavy (non-hydrogen) atoms. The van der Waals surface area contributed by atoms with Gasteiger partial charge in [-0.3, -0.25) is 24.1 Å². The molecule has 0 spiro atoms. The van der Waals surface area contributed by atoms with Crippen LogP contribution >= 0.6 is 23.1 Å². The molecule has 0 aromatic carbocycles. The standard InChI is InChI=1S/C16H17N3O7S2/c1-15(2)16(14(25)26,17-6-20)19-11(22)9(12(19)28-15)18-10(21)8(13(23)24)7-3-4-27-5-7/h3-6,8-9,12H,1-2H3,(H,17,20)(H,18,21)(H,23,24)(H,25,26)/t8?,9-,12+,16-/m0/s1. The zero-order chi connectivity index (χ0) is 20.9. The fourth-order valence-corrected chi connectivity index (χ4v) is 5.98. The summed E-state index contributed by atoms with van der Waals surface area (Å²) >= 11 is 2.34. The third-order valence-electron chi connectivity index (χ3n) is 4.95. The first-order valence-corrected chi connectivity index (χ1v) is 9.91. The van der Waals surface area contributed by atoms with E-state index in [1.54, 1.807) is 19.2 Å². The second-order valence-electron chi connectivity index (χ2n) is 6.82. The van der Waals surface area contributed by atoms with E-state index in [1.807, 2.05) is 0 Å². The minimum absolute atomic E-state index is 0.217. The molecule has 2 fully saturated rings. The molecule has 0 saturated carbocycles. The van der Waals surface area contributed by atoms with E-state index in [1.165, 1.54) is 22.8 Å². The van der Waals surface area contributed by atoms with E-state index >= 15 is 0 Å². The summed E-state index contributed by atoms with van der Waals surface area (Å²) in [4.78, 5) is 60.8. The van der Waals surface area contributed by atoms with Crippen LogP contribution in [0.25, 0.3) is 0 Å². The molecule has 2 saturated heterocycles. The number of thiophene rings is 1.